The van der Waals surface area contributed by atoms with Gasteiger partial charge in [0.15, 0.2) is 0 Å². The molecule has 2 aliphatic heterocycles. The first-order chi connectivity index (χ1) is 49.6. The molecule has 0 atom stereocenters. The van der Waals surface area contributed by atoms with Crippen LogP contribution < -0.4 is 26.2 Å². The zero-order valence-electron chi connectivity index (χ0n) is 60.5. The largest absolute Gasteiger partial charge is 0.311 e. The van der Waals surface area contributed by atoms with E-state index in [9.17, 15) is 8.22 Å². The van der Waals surface area contributed by atoms with Crippen molar-refractivity contribution in [3.8, 4) is 39.1 Å². The minimum absolute atomic E-state index is 0.0153. The van der Waals surface area contributed by atoms with Gasteiger partial charge in [-0.25, -0.2) is 0 Å². The van der Waals surface area contributed by atoms with Gasteiger partial charge in [0.2, 0.25) is 0 Å². The van der Waals surface area contributed by atoms with Crippen molar-refractivity contribution >= 4 is 139 Å². The molecule has 0 unspecified atom stereocenters. The number of rotatable bonds is 6. The predicted molar refractivity (Wildman–Crippen MR) is 378 cm³/mol. The van der Waals surface area contributed by atoms with Crippen molar-refractivity contribution in [2.75, 3.05) is 9.80 Å². The zero-order chi connectivity index (χ0) is 69.6. The Morgan fingerprint density at radius 1 is 0.281 bits per heavy atom. The molecule has 0 saturated carbocycles. The van der Waals surface area contributed by atoms with Crippen molar-refractivity contribution in [2.24, 2.45) is 0 Å². The summed E-state index contributed by atoms with van der Waals surface area (Å²) in [6.07, 6.45) is 0. The maximum Gasteiger partial charge on any atom is 0.252 e. The van der Waals surface area contributed by atoms with Crippen LogP contribution in [-0.4, -0.2) is 15.7 Å². The van der Waals surface area contributed by atoms with E-state index >= 15 is 0 Å². The highest BCUT2D eigenvalue weighted by molar-refractivity contribution is 7.00. The molecule has 0 aliphatic carbocycles. The van der Waals surface area contributed by atoms with Crippen LogP contribution in [0.3, 0.4) is 0 Å². The predicted octanol–water partition coefficient (Wildman–Crippen LogP) is 20.4. The third kappa shape index (κ3) is 7.37. The highest BCUT2D eigenvalue weighted by atomic mass is 15.2. The van der Waals surface area contributed by atoms with Crippen LogP contribution in [0, 0.1) is 0 Å². The summed E-state index contributed by atoms with van der Waals surface area (Å²) in [5.41, 5.74) is 14.4. The molecule has 5 heteroatoms. The minimum Gasteiger partial charge on any atom is -0.311 e. The van der Waals surface area contributed by atoms with Gasteiger partial charge in [-0.3, -0.25) is 0 Å². The van der Waals surface area contributed by atoms with E-state index < -0.39 is 73.2 Å². The van der Waals surface area contributed by atoms with Gasteiger partial charge in [-0.05, 0) is 138 Å². The number of nitrogens with zero attached hydrogens (tertiary/aromatic N) is 4. The second-order valence-corrected chi connectivity index (χ2v) is 22.9. The molecule has 3 aromatic heterocycles. The van der Waals surface area contributed by atoms with Gasteiger partial charge >= 0.3 is 0 Å². The Morgan fingerprint density at radius 3 is 1.39 bits per heavy atom. The van der Waals surface area contributed by atoms with Crippen molar-refractivity contribution in [3.63, 3.8) is 0 Å². The van der Waals surface area contributed by atoms with E-state index in [1.54, 1.807) is 4.57 Å². The summed E-state index contributed by atoms with van der Waals surface area (Å²) in [6, 6.07) is 77.4. The van der Waals surface area contributed by atoms with Crippen LogP contribution in [0.5, 0.6) is 0 Å². The van der Waals surface area contributed by atoms with Gasteiger partial charge in [-0.15, -0.1) is 0 Å². The molecular weight excluding hydrogens is 1080 g/mol. The molecule has 0 saturated heterocycles. The molecule has 19 rings (SSSR count). The van der Waals surface area contributed by atoms with Gasteiger partial charge < -0.3 is 18.8 Å². The lowest BCUT2D eigenvalue weighted by Crippen LogP contribution is -2.61. The summed E-state index contributed by atoms with van der Waals surface area (Å²) in [7, 11) is 0. The SMILES string of the molecule is [2H]c1c([2H])c([2H])c(-c2ccc3c(c2)N(c2ccc(-c4ccccc4)cc2)c2c4c(cc5c2c2cccc6c7ccccc7c7ccccc7c7ccccc7n5c62)N(c2ccc(-c5ccccc5)cc2)c2cc(-n5c6c([2H])c([2H])c([2H])c([2H])c6c6c([2H])c([2H])c([2H])c([2H])c65)ccc2B34)c([2H])c1[2H]. The Labute approximate surface area is 533 Å². The normalized spacial score (nSPS) is 14.7. The van der Waals surface area contributed by atoms with Crippen molar-refractivity contribution in [2.45, 2.75) is 0 Å². The molecule has 89 heavy (non-hydrogen) atoms. The molecule has 0 radical (unpaired) electrons. The van der Waals surface area contributed by atoms with Gasteiger partial charge in [-0.1, -0.05) is 255 Å². The summed E-state index contributed by atoms with van der Waals surface area (Å²) in [4.78, 5) is 4.55. The molecular formula is C84H53BN4. The minimum atomic E-state index is -0.652. The molecule has 0 spiro atoms. The van der Waals surface area contributed by atoms with Gasteiger partial charge in [0.25, 0.3) is 6.71 Å². The summed E-state index contributed by atoms with van der Waals surface area (Å²) in [6.45, 7) is -0.652. The Morgan fingerprint density at radius 2 is 0.753 bits per heavy atom. The average molecular weight is 1140 g/mol. The molecule has 5 heterocycles. The van der Waals surface area contributed by atoms with Crippen molar-refractivity contribution in [1.29, 1.82) is 0 Å². The molecule has 0 amide bonds. The van der Waals surface area contributed by atoms with Gasteiger partial charge in [0, 0.05) is 66.4 Å². The number of hydrogen-bond donors (Lipinski definition) is 0. The molecule has 412 valence electrons. The van der Waals surface area contributed by atoms with Crippen LogP contribution in [0.4, 0.5) is 34.1 Å². The topological polar surface area (TPSA) is 15.8 Å². The Balaban J connectivity index is 1.03. The van der Waals surface area contributed by atoms with Crippen LogP contribution in [0.15, 0.2) is 321 Å². The van der Waals surface area contributed by atoms with Crippen LogP contribution in [0.2, 0.25) is 0 Å². The third-order valence-corrected chi connectivity index (χ3v) is 18.4. The van der Waals surface area contributed by atoms with Crippen LogP contribution in [-0.2, 0) is 0 Å². The summed E-state index contributed by atoms with van der Waals surface area (Å²) >= 11 is 0. The zero-order valence-corrected chi connectivity index (χ0v) is 47.5. The molecule has 14 aromatic carbocycles. The maximum atomic E-state index is 9.66. The summed E-state index contributed by atoms with van der Waals surface area (Å²) < 4.78 is 124. The van der Waals surface area contributed by atoms with Crippen molar-refractivity contribution in [3.05, 3.63) is 321 Å². The highest BCUT2D eigenvalue weighted by Crippen LogP contribution is 2.52. The fourth-order valence-corrected chi connectivity index (χ4v) is 14.6. The monoisotopic (exact) mass is 1140 g/mol. The van der Waals surface area contributed by atoms with E-state index in [-0.39, 0.29) is 39.5 Å². The Kier molecular flexibility index (Phi) is 8.38. The lowest BCUT2D eigenvalue weighted by molar-refractivity contribution is 1.17. The first-order valence-electron chi connectivity index (χ1n) is 36.3. The fourth-order valence-electron chi connectivity index (χ4n) is 14.6. The quantitative estimate of drug-likeness (QED) is 0.154. The number of fused-ring (bicyclic) bond motifs is 18. The number of anilines is 6. The van der Waals surface area contributed by atoms with Crippen LogP contribution in [0.1, 0.15) is 17.8 Å². The van der Waals surface area contributed by atoms with Crippen LogP contribution >= 0.6 is 0 Å². The summed E-state index contributed by atoms with van der Waals surface area (Å²) in [5.74, 6) is 0. The Hall–Kier alpha value is -11.7. The van der Waals surface area contributed by atoms with Crippen molar-refractivity contribution < 1.29 is 17.8 Å². The molecule has 0 N–H and O–H groups in total. The van der Waals surface area contributed by atoms with E-state index in [0.717, 1.165) is 121 Å². The summed E-state index contributed by atoms with van der Waals surface area (Å²) in [5, 5.41) is 7.99. The molecule has 2 aliphatic rings. The van der Waals surface area contributed by atoms with E-state index in [0.29, 0.717) is 22.6 Å². The first kappa shape index (κ1) is 38.4. The van der Waals surface area contributed by atoms with E-state index in [2.05, 4.69) is 184 Å². The Bertz CT molecular complexity index is 6510. The third-order valence-electron chi connectivity index (χ3n) is 18.4. The second kappa shape index (κ2) is 19.4. The van der Waals surface area contributed by atoms with Gasteiger partial charge in [0.05, 0.1) is 51.1 Å². The lowest BCUT2D eigenvalue weighted by atomic mass is 9.33. The first-order valence-corrected chi connectivity index (χ1v) is 29.8. The molecule has 4 nitrogen and oxygen atoms in total. The average Bonchev–Trinajstić information content (AvgIpc) is 1.30. The number of benzene rings is 14. The smallest absolute Gasteiger partial charge is 0.252 e. The van der Waals surface area contributed by atoms with Crippen molar-refractivity contribution in [1.82, 2.24) is 8.97 Å². The molecule has 0 fully saturated rings. The van der Waals surface area contributed by atoms with Gasteiger partial charge in [0.1, 0.15) is 0 Å². The van der Waals surface area contributed by atoms with Crippen LogP contribution in [0.25, 0.3) is 121 Å². The standard InChI is InChI=1S/C84H53BN4/c1-4-21-54(22-5-1)57-39-44-60(45-40-57)86-78-52-62(87-74-36-17-15-32-68(74)69-33-16-18-37-75(69)87)48-50-73(78)85-72-49-43-59(56-25-8-3-9-26-56)51-77(72)88(61-46-41-58(42-47-61)55-23-6-2-7-24-55)84-81-71-35-20-34-70-66-30-13-11-28-64(66)63-27-10-12-29-65(63)67-31-14-19-38-76(67)89(83(70)71)79(81)53-80(86)82(84)85/h1-53H/i3D,8D,9D,15D,16D,17D,18D,25D,26D,32D,33D,36D,37D. The van der Waals surface area contributed by atoms with E-state index in [4.69, 9.17) is 9.60 Å². The maximum absolute atomic E-state index is 9.66. The fraction of sp³-hybridized carbons (Fsp3) is 0. The van der Waals surface area contributed by atoms with E-state index in [1.165, 1.54) is 0 Å². The lowest BCUT2D eigenvalue weighted by Gasteiger charge is -2.44. The number of hydrogen-bond acceptors (Lipinski definition) is 2. The number of aromatic nitrogens is 2. The van der Waals surface area contributed by atoms with E-state index in [1.807, 2.05) is 72.8 Å². The molecule has 0 bridgehead atoms. The highest BCUT2D eigenvalue weighted by Gasteiger charge is 2.45. The van der Waals surface area contributed by atoms with Gasteiger partial charge in [-0.2, -0.15) is 0 Å². The number of para-hydroxylation sites is 4. The second-order valence-electron chi connectivity index (χ2n) is 22.9. The molecule has 17 aromatic rings.